The molecule has 0 unspecified atom stereocenters. The van der Waals surface area contributed by atoms with E-state index >= 15 is 0 Å². The second-order valence-electron chi connectivity index (χ2n) is 5.12. The Bertz CT molecular complexity index is 934. The first-order chi connectivity index (χ1) is 10.2. The van der Waals surface area contributed by atoms with Gasteiger partial charge in [-0.3, -0.25) is 4.79 Å². The van der Waals surface area contributed by atoms with Gasteiger partial charge in [0, 0.05) is 23.2 Å². The van der Waals surface area contributed by atoms with Crippen molar-refractivity contribution < 1.29 is 0 Å². The first-order valence-corrected chi connectivity index (χ1v) is 8.64. The van der Waals surface area contributed by atoms with E-state index in [1.807, 2.05) is 22.1 Å². The molecule has 3 aromatic rings. The summed E-state index contributed by atoms with van der Waals surface area (Å²) in [6, 6.07) is 0. The van der Waals surface area contributed by atoms with Gasteiger partial charge in [-0.05, 0) is 19.3 Å². The number of hydrogen-bond acceptors (Lipinski definition) is 5. The molecule has 0 N–H and O–H groups in total. The number of nitrogens with zero attached hydrogens (tertiary/aromatic N) is 4. The van der Waals surface area contributed by atoms with Gasteiger partial charge < -0.3 is 4.57 Å². The van der Waals surface area contributed by atoms with E-state index in [2.05, 4.69) is 16.8 Å². The summed E-state index contributed by atoms with van der Waals surface area (Å²) in [6.45, 7) is 3.74. The number of rotatable bonds is 3. The molecule has 0 saturated carbocycles. The Morgan fingerprint density at radius 3 is 3.10 bits per heavy atom. The lowest BCUT2D eigenvalue weighted by Crippen LogP contribution is -2.10. The van der Waals surface area contributed by atoms with Crippen LogP contribution in [-0.4, -0.2) is 24.9 Å². The monoisotopic (exact) mass is 318 g/mol. The quantitative estimate of drug-likeness (QED) is 0.550. The SMILES string of the molecule is C=CCSc1nnc2n(C)c3c(=O)c4c(sc3n12)CCC4. The van der Waals surface area contributed by atoms with E-state index in [-0.39, 0.29) is 5.43 Å². The molecule has 3 heterocycles. The van der Waals surface area contributed by atoms with E-state index in [0.717, 1.165) is 51.9 Å². The van der Waals surface area contributed by atoms with Crippen LogP contribution >= 0.6 is 23.1 Å². The second-order valence-corrected chi connectivity index (χ2v) is 7.19. The first kappa shape index (κ1) is 13.1. The molecule has 0 saturated heterocycles. The van der Waals surface area contributed by atoms with Crippen molar-refractivity contribution in [1.82, 2.24) is 19.2 Å². The van der Waals surface area contributed by atoms with Gasteiger partial charge in [0.1, 0.15) is 10.3 Å². The lowest BCUT2D eigenvalue weighted by atomic mass is 10.2. The summed E-state index contributed by atoms with van der Waals surface area (Å²) in [7, 11) is 1.89. The van der Waals surface area contributed by atoms with Crippen molar-refractivity contribution >= 4 is 39.2 Å². The molecule has 0 aromatic carbocycles. The van der Waals surface area contributed by atoms with Gasteiger partial charge in [-0.25, -0.2) is 4.40 Å². The maximum absolute atomic E-state index is 12.7. The fraction of sp³-hybridized carbons (Fsp3) is 0.357. The molecule has 0 aliphatic heterocycles. The van der Waals surface area contributed by atoms with Crippen LogP contribution in [0.1, 0.15) is 16.9 Å². The lowest BCUT2D eigenvalue weighted by molar-refractivity contribution is 0.910. The molecular weight excluding hydrogens is 304 g/mol. The molecule has 3 aromatic heterocycles. The molecule has 0 spiro atoms. The van der Waals surface area contributed by atoms with Crippen molar-refractivity contribution in [1.29, 1.82) is 0 Å². The number of thioether (sulfide) groups is 1. The Hall–Kier alpha value is -1.60. The van der Waals surface area contributed by atoms with E-state index in [0.29, 0.717) is 0 Å². The van der Waals surface area contributed by atoms with Crippen LogP contribution in [0.15, 0.2) is 22.6 Å². The average molecular weight is 318 g/mol. The Balaban J connectivity index is 2.11. The van der Waals surface area contributed by atoms with Crippen LogP contribution < -0.4 is 5.43 Å². The fourth-order valence-corrected chi connectivity index (χ4v) is 5.01. The highest BCUT2D eigenvalue weighted by atomic mass is 32.2. The number of imidazole rings is 1. The molecule has 1 aliphatic carbocycles. The lowest BCUT2D eigenvalue weighted by Gasteiger charge is -2.00. The summed E-state index contributed by atoms with van der Waals surface area (Å²) < 4.78 is 3.88. The van der Waals surface area contributed by atoms with Crippen molar-refractivity contribution in [2.75, 3.05) is 5.75 Å². The highest BCUT2D eigenvalue weighted by molar-refractivity contribution is 7.99. The predicted molar refractivity (Wildman–Crippen MR) is 86.6 cm³/mol. The summed E-state index contributed by atoms with van der Waals surface area (Å²) in [5.41, 5.74) is 1.93. The third-order valence-corrected chi connectivity index (χ3v) is 6.05. The zero-order chi connectivity index (χ0) is 14.6. The Morgan fingerprint density at radius 2 is 2.29 bits per heavy atom. The molecule has 0 amide bonds. The number of aromatic nitrogens is 4. The van der Waals surface area contributed by atoms with Gasteiger partial charge in [0.15, 0.2) is 5.16 Å². The van der Waals surface area contributed by atoms with E-state index in [1.165, 1.54) is 4.88 Å². The van der Waals surface area contributed by atoms with Gasteiger partial charge in [-0.15, -0.1) is 28.1 Å². The topological polar surface area (TPSA) is 52.2 Å². The smallest absolute Gasteiger partial charge is 0.237 e. The van der Waals surface area contributed by atoms with Crippen molar-refractivity contribution in [3.8, 4) is 0 Å². The van der Waals surface area contributed by atoms with Gasteiger partial charge >= 0.3 is 0 Å². The highest BCUT2D eigenvalue weighted by Crippen LogP contribution is 2.32. The van der Waals surface area contributed by atoms with Gasteiger partial charge in [-0.2, -0.15) is 0 Å². The molecular formula is C14H14N4OS2. The molecule has 7 heteroatoms. The standard InChI is InChI=1S/C14H14N4OS2/c1-3-7-20-14-16-15-13-17(2)10-11(19)8-5-4-6-9(8)21-12(10)18(13)14/h3H,1,4-7H2,2H3. The second kappa shape index (κ2) is 4.71. The molecule has 0 fully saturated rings. The van der Waals surface area contributed by atoms with Crippen LogP contribution in [0.4, 0.5) is 0 Å². The molecule has 0 radical (unpaired) electrons. The minimum atomic E-state index is 0.170. The Kier molecular flexibility index (Phi) is 2.93. The first-order valence-electron chi connectivity index (χ1n) is 6.84. The van der Waals surface area contributed by atoms with Crippen LogP contribution in [0.2, 0.25) is 0 Å². The zero-order valence-electron chi connectivity index (χ0n) is 11.6. The fourth-order valence-electron chi connectivity index (χ4n) is 2.91. The predicted octanol–water partition coefficient (Wildman–Crippen LogP) is 2.41. The van der Waals surface area contributed by atoms with Gasteiger partial charge in [-0.1, -0.05) is 17.8 Å². The third kappa shape index (κ3) is 1.74. The molecule has 21 heavy (non-hydrogen) atoms. The van der Waals surface area contributed by atoms with Crippen LogP contribution in [0.5, 0.6) is 0 Å². The molecule has 0 atom stereocenters. The van der Waals surface area contributed by atoms with E-state index in [1.54, 1.807) is 23.1 Å². The van der Waals surface area contributed by atoms with E-state index in [4.69, 9.17) is 0 Å². The summed E-state index contributed by atoms with van der Waals surface area (Å²) in [6.07, 6.45) is 4.85. The molecule has 108 valence electrons. The average Bonchev–Trinajstić information content (AvgIpc) is 3.15. The zero-order valence-corrected chi connectivity index (χ0v) is 13.3. The summed E-state index contributed by atoms with van der Waals surface area (Å²) in [4.78, 5) is 14.9. The van der Waals surface area contributed by atoms with Crippen molar-refractivity contribution in [2.24, 2.45) is 7.05 Å². The Morgan fingerprint density at radius 1 is 1.43 bits per heavy atom. The summed E-state index contributed by atoms with van der Waals surface area (Å²) >= 11 is 3.30. The summed E-state index contributed by atoms with van der Waals surface area (Å²) in [5, 5.41) is 9.30. The van der Waals surface area contributed by atoms with E-state index < -0.39 is 0 Å². The van der Waals surface area contributed by atoms with Gasteiger partial charge in [0.05, 0.1) is 0 Å². The van der Waals surface area contributed by atoms with Crippen LogP contribution in [0.25, 0.3) is 16.1 Å². The summed E-state index contributed by atoms with van der Waals surface area (Å²) in [5.74, 6) is 1.50. The number of aryl methyl sites for hydroxylation is 2. The molecule has 0 bridgehead atoms. The number of hydrogen-bond donors (Lipinski definition) is 0. The van der Waals surface area contributed by atoms with Crippen molar-refractivity contribution in [3.05, 3.63) is 33.3 Å². The minimum absolute atomic E-state index is 0.170. The van der Waals surface area contributed by atoms with Crippen molar-refractivity contribution in [2.45, 2.75) is 24.4 Å². The largest absolute Gasteiger partial charge is 0.307 e. The highest BCUT2D eigenvalue weighted by Gasteiger charge is 2.24. The van der Waals surface area contributed by atoms with Crippen LogP contribution in [0.3, 0.4) is 0 Å². The molecule has 1 aliphatic rings. The van der Waals surface area contributed by atoms with Gasteiger partial charge in [0.25, 0.3) is 0 Å². The third-order valence-electron chi connectivity index (χ3n) is 3.86. The minimum Gasteiger partial charge on any atom is -0.307 e. The molecule has 5 nitrogen and oxygen atoms in total. The van der Waals surface area contributed by atoms with Crippen molar-refractivity contribution in [3.63, 3.8) is 0 Å². The maximum Gasteiger partial charge on any atom is 0.237 e. The number of fused-ring (bicyclic) bond motifs is 4. The van der Waals surface area contributed by atoms with Crippen LogP contribution in [-0.2, 0) is 19.9 Å². The van der Waals surface area contributed by atoms with E-state index in [9.17, 15) is 4.79 Å². The maximum atomic E-state index is 12.7. The van der Waals surface area contributed by atoms with Crippen LogP contribution in [0, 0.1) is 0 Å². The molecule has 4 rings (SSSR count). The Labute approximate surface area is 129 Å². The normalized spacial score (nSPS) is 14.1. The van der Waals surface area contributed by atoms with Gasteiger partial charge in [0.2, 0.25) is 11.2 Å².